The zero-order valence-electron chi connectivity index (χ0n) is 24.8. The number of nitrogens with zero attached hydrogens (tertiary/aromatic N) is 2. The predicted molar refractivity (Wildman–Crippen MR) is 160 cm³/mol. The first-order valence-electron chi connectivity index (χ1n) is 15.5. The summed E-state index contributed by atoms with van der Waals surface area (Å²) < 4.78 is 0. The van der Waals surface area contributed by atoms with Crippen LogP contribution < -0.4 is 5.73 Å². The zero-order valence-corrected chi connectivity index (χ0v) is 24.8. The number of carboxylic acids is 1. The Morgan fingerprint density at radius 1 is 1.16 bits per heavy atom. The van der Waals surface area contributed by atoms with Crippen molar-refractivity contribution in [3.63, 3.8) is 0 Å². The van der Waals surface area contributed by atoms with Crippen molar-refractivity contribution in [2.75, 3.05) is 6.54 Å². The van der Waals surface area contributed by atoms with Crippen LogP contribution in [0.3, 0.4) is 0 Å². The first-order chi connectivity index (χ1) is 20.3. The molecule has 4 fully saturated rings. The molecule has 4 aliphatic carbocycles. The molecule has 43 heavy (non-hydrogen) atoms. The van der Waals surface area contributed by atoms with Gasteiger partial charge in [0.1, 0.15) is 6.04 Å². The number of carboxylic acid groups (broad SMARTS) is 1. The van der Waals surface area contributed by atoms with E-state index < -0.39 is 40.5 Å². The van der Waals surface area contributed by atoms with E-state index in [4.69, 9.17) is 16.1 Å². The lowest BCUT2D eigenvalue weighted by Gasteiger charge is -2.60. The van der Waals surface area contributed by atoms with Crippen molar-refractivity contribution >= 4 is 35.4 Å². The fourth-order valence-corrected chi connectivity index (χ4v) is 9.77. The lowest BCUT2D eigenvalue weighted by molar-refractivity contribution is -0.194. The molecule has 6 N–H and O–H groups in total. The fourth-order valence-electron chi connectivity index (χ4n) is 9.77. The summed E-state index contributed by atoms with van der Waals surface area (Å²) in [6.07, 6.45) is 7.19. The normalized spacial score (nSPS) is 41.2. The van der Waals surface area contributed by atoms with Crippen molar-refractivity contribution < 1.29 is 29.7 Å². The van der Waals surface area contributed by atoms with Gasteiger partial charge in [-0.15, -0.1) is 0 Å². The molecule has 9 atom stereocenters. The molecule has 0 spiro atoms. The van der Waals surface area contributed by atoms with Crippen LogP contribution in [0, 0.1) is 39.9 Å². The molecule has 6 rings (SSSR count). The highest BCUT2D eigenvalue weighted by molar-refractivity contribution is 6.08. The highest BCUT2D eigenvalue weighted by Gasteiger charge is 2.69. The van der Waals surface area contributed by atoms with E-state index in [1.165, 1.54) is 16.7 Å². The van der Waals surface area contributed by atoms with E-state index in [1.807, 2.05) is 13.0 Å². The summed E-state index contributed by atoms with van der Waals surface area (Å²) in [6, 6.07) is 6.41. The molecule has 2 amide bonds. The van der Waals surface area contributed by atoms with Crippen LogP contribution in [-0.4, -0.2) is 74.2 Å². The Morgan fingerprint density at radius 2 is 1.93 bits per heavy atom. The standard InChI is InChI=1S/C33H42N4O6/c1-31-15-19(17-34)24(36-21-6-3-5-18(13-21)29(40)37-12-4-7-25(37)28(35)39)14-20(31)8-9-22-23-10-11-33(43,30(41)42)32(23,2)16-26(38)27(22)31/h3,5-6,13-14,17,19,22-23,25-27,34,38,43H,4,7-12,15-16H2,1-2H3,(H2,35,39)(H,41,42). The van der Waals surface area contributed by atoms with E-state index in [9.17, 15) is 29.7 Å². The minimum absolute atomic E-state index is 0.00100. The summed E-state index contributed by atoms with van der Waals surface area (Å²) in [5, 5.41) is 41.1. The number of nitrogens with two attached hydrogens (primary N) is 1. The molecule has 0 radical (unpaired) electrons. The summed E-state index contributed by atoms with van der Waals surface area (Å²) in [4.78, 5) is 43.7. The van der Waals surface area contributed by atoms with E-state index >= 15 is 0 Å². The van der Waals surface area contributed by atoms with Gasteiger partial charge >= 0.3 is 5.97 Å². The molecule has 1 aromatic carbocycles. The summed E-state index contributed by atoms with van der Waals surface area (Å²) >= 11 is 0. The number of likely N-dealkylation sites (tertiary alicyclic amines) is 1. The van der Waals surface area contributed by atoms with Gasteiger partial charge in [0.15, 0.2) is 5.60 Å². The maximum atomic E-state index is 13.3. The molecule has 9 unspecified atom stereocenters. The maximum absolute atomic E-state index is 13.3. The van der Waals surface area contributed by atoms with Gasteiger partial charge in [0.05, 0.1) is 11.8 Å². The Bertz CT molecular complexity index is 1440. The number of aliphatic hydroxyl groups excluding tert-OH is 1. The van der Waals surface area contributed by atoms with E-state index in [2.05, 4.69) is 13.0 Å². The smallest absolute Gasteiger partial charge is 0.336 e. The second-order valence-corrected chi connectivity index (χ2v) is 13.9. The number of allylic oxidation sites excluding steroid dienone is 2. The van der Waals surface area contributed by atoms with E-state index in [1.54, 1.807) is 18.2 Å². The Morgan fingerprint density at radius 3 is 2.63 bits per heavy atom. The van der Waals surface area contributed by atoms with Crippen molar-refractivity contribution in [3.8, 4) is 0 Å². The minimum Gasteiger partial charge on any atom is -0.479 e. The van der Waals surface area contributed by atoms with Gasteiger partial charge in [0.2, 0.25) is 5.91 Å². The molecule has 0 bridgehead atoms. The van der Waals surface area contributed by atoms with Gasteiger partial charge in [-0.3, -0.25) is 14.6 Å². The Hall–Kier alpha value is -3.37. The zero-order chi connectivity index (χ0) is 30.9. The number of aliphatic hydroxyl groups is 2. The van der Waals surface area contributed by atoms with Crippen LogP contribution in [0.5, 0.6) is 0 Å². The van der Waals surface area contributed by atoms with Crippen molar-refractivity contribution in [2.24, 2.45) is 45.2 Å². The summed E-state index contributed by atoms with van der Waals surface area (Å²) in [5.41, 5.74) is 5.32. The van der Waals surface area contributed by atoms with Gasteiger partial charge in [0, 0.05) is 35.4 Å². The molecule has 1 saturated heterocycles. The second kappa shape index (κ2) is 10.4. The largest absolute Gasteiger partial charge is 0.479 e. The average Bonchev–Trinajstić information content (AvgIpc) is 3.56. The monoisotopic (exact) mass is 590 g/mol. The third-order valence-electron chi connectivity index (χ3n) is 11.9. The number of primary amides is 1. The number of amides is 2. The predicted octanol–water partition coefficient (Wildman–Crippen LogP) is 3.47. The van der Waals surface area contributed by atoms with Crippen molar-refractivity contribution in [1.29, 1.82) is 5.41 Å². The van der Waals surface area contributed by atoms with Crippen LogP contribution in [0.1, 0.15) is 75.6 Å². The van der Waals surface area contributed by atoms with Gasteiger partial charge < -0.3 is 31.4 Å². The van der Waals surface area contributed by atoms with Gasteiger partial charge in [-0.1, -0.05) is 25.5 Å². The van der Waals surface area contributed by atoms with Crippen LogP contribution >= 0.6 is 0 Å². The molecular weight excluding hydrogens is 548 g/mol. The molecule has 1 heterocycles. The van der Waals surface area contributed by atoms with Gasteiger partial charge in [-0.05, 0) is 98.8 Å². The number of carbonyl (C=O) groups excluding carboxylic acids is 2. The van der Waals surface area contributed by atoms with Crippen LogP contribution in [-0.2, 0) is 9.59 Å². The third-order valence-corrected chi connectivity index (χ3v) is 11.9. The molecule has 3 saturated carbocycles. The molecule has 1 aromatic rings. The summed E-state index contributed by atoms with van der Waals surface area (Å²) in [5.74, 6) is -2.28. The molecular formula is C33H42N4O6. The second-order valence-electron chi connectivity index (χ2n) is 13.9. The highest BCUT2D eigenvalue weighted by Crippen LogP contribution is 2.67. The van der Waals surface area contributed by atoms with Crippen molar-refractivity contribution in [2.45, 2.75) is 83.0 Å². The fraction of sp³-hybridized carbons (Fsp3) is 0.606. The number of aliphatic imine (C=N–C) groups is 1. The number of carbonyl (C=O) groups is 3. The SMILES string of the molecule is CC12CC(C=N)C(=Nc3cccc(C(=O)N4CCCC4C(N)=O)c3)C=C1CCC1C2C(O)CC2(C)C1CCC2(O)C(=O)O. The quantitative estimate of drug-likeness (QED) is 0.328. The van der Waals surface area contributed by atoms with Crippen LogP contribution in [0.15, 0.2) is 40.9 Å². The number of hydrogen-bond donors (Lipinski definition) is 5. The molecule has 5 aliphatic rings. The Labute approximate surface area is 251 Å². The number of benzene rings is 1. The first-order valence-corrected chi connectivity index (χ1v) is 15.5. The number of rotatable bonds is 5. The Balaban J connectivity index is 1.30. The number of fused-ring (bicyclic) bond motifs is 5. The lowest BCUT2D eigenvalue weighted by atomic mass is 9.45. The molecule has 10 heteroatoms. The van der Waals surface area contributed by atoms with Crippen LogP contribution in [0.4, 0.5) is 5.69 Å². The maximum Gasteiger partial charge on any atom is 0.336 e. The molecule has 0 aromatic heterocycles. The minimum atomic E-state index is -1.84. The first kappa shape index (κ1) is 29.7. The average molecular weight is 591 g/mol. The van der Waals surface area contributed by atoms with Crippen molar-refractivity contribution in [3.05, 3.63) is 41.5 Å². The van der Waals surface area contributed by atoms with Crippen LogP contribution in [0.2, 0.25) is 0 Å². The summed E-state index contributed by atoms with van der Waals surface area (Å²) in [6.45, 7) is 4.49. The van der Waals surface area contributed by atoms with E-state index in [0.29, 0.717) is 37.1 Å². The molecule has 230 valence electrons. The highest BCUT2D eigenvalue weighted by atomic mass is 16.4. The van der Waals surface area contributed by atoms with Gasteiger partial charge in [0.25, 0.3) is 5.91 Å². The van der Waals surface area contributed by atoms with Gasteiger partial charge in [-0.25, -0.2) is 4.79 Å². The van der Waals surface area contributed by atoms with E-state index in [0.717, 1.165) is 25.0 Å². The Kier molecular flexibility index (Phi) is 7.16. The molecule has 1 aliphatic heterocycles. The number of nitrogens with one attached hydrogen (secondary N) is 1. The lowest BCUT2D eigenvalue weighted by Crippen LogP contribution is -2.62. The topological polar surface area (TPSA) is 177 Å². The van der Waals surface area contributed by atoms with Gasteiger partial charge in [-0.2, -0.15) is 0 Å². The van der Waals surface area contributed by atoms with E-state index in [-0.39, 0.29) is 42.4 Å². The molecule has 10 nitrogen and oxygen atoms in total. The summed E-state index contributed by atoms with van der Waals surface area (Å²) in [7, 11) is 0. The third kappa shape index (κ3) is 4.39. The van der Waals surface area contributed by atoms with Crippen molar-refractivity contribution in [1.82, 2.24) is 4.90 Å². The van der Waals surface area contributed by atoms with Crippen LogP contribution in [0.25, 0.3) is 0 Å². The number of aliphatic carboxylic acids is 1. The number of hydrogen-bond acceptors (Lipinski definition) is 7.